The normalized spacial score (nSPS) is 14.6. The zero-order valence-electron chi connectivity index (χ0n) is 16.6. The summed E-state index contributed by atoms with van der Waals surface area (Å²) in [5.41, 5.74) is 2.52. The van der Waals surface area contributed by atoms with Crippen LogP contribution in [0.3, 0.4) is 0 Å². The number of nitrogens with zero attached hydrogens (tertiary/aromatic N) is 1. The van der Waals surface area contributed by atoms with Gasteiger partial charge >= 0.3 is 0 Å². The number of hydrogen-bond donors (Lipinski definition) is 2. The van der Waals surface area contributed by atoms with E-state index in [9.17, 15) is 13.2 Å². The molecule has 2 aromatic carbocycles. The lowest BCUT2D eigenvalue weighted by molar-refractivity contribution is 0.0952. The van der Waals surface area contributed by atoms with Gasteiger partial charge in [-0.1, -0.05) is 29.8 Å². The molecule has 1 heterocycles. The van der Waals surface area contributed by atoms with Gasteiger partial charge in [0.25, 0.3) is 5.91 Å². The Balaban J connectivity index is 1.49. The van der Waals surface area contributed by atoms with Gasteiger partial charge in [0.15, 0.2) is 0 Å². The van der Waals surface area contributed by atoms with Crippen LogP contribution in [-0.4, -0.2) is 53.7 Å². The number of morpholine rings is 1. The number of benzene rings is 2. The van der Waals surface area contributed by atoms with E-state index in [-0.39, 0.29) is 17.3 Å². The summed E-state index contributed by atoms with van der Waals surface area (Å²) in [6.07, 6.45) is 0.497. The monoisotopic (exact) mass is 417 g/mol. The van der Waals surface area contributed by atoms with Gasteiger partial charge in [0, 0.05) is 31.9 Å². The van der Waals surface area contributed by atoms with Crippen molar-refractivity contribution in [1.82, 2.24) is 10.0 Å². The zero-order chi connectivity index (χ0) is 20.7. The fourth-order valence-corrected chi connectivity index (χ4v) is 4.21. The second-order valence-electron chi connectivity index (χ2n) is 6.94. The SMILES string of the molecule is Cc1ccc(S(=O)(=O)NCCCNC(=O)c2ccccc2N2CCOCC2)cc1. The molecular weight excluding hydrogens is 390 g/mol. The molecule has 3 rings (SSSR count). The number of ether oxygens (including phenoxy) is 1. The smallest absolute Gasteiger partial charge is 0.253 e. The van der Waals surface area contributed by atoms with Crippen LogP contribution in [0.4, 0.5) is 5.69 Å². The van der Waals surface area contributed by atoms with Gasteiger partial charge in [-0.25, -0.2) is 13.1 Å². The lowest BCUT2D eigenvalue weighted by atomic mass is 10.1. The molecule has 2 aromatic rings. The molecule has 0 spiro atoms. The first-order chi connectivity index (χ1) is 14.0. The van der Waals surface area contributed by atoms with E-state index in [1.807, 2.05) is 25.1 Å². The van der Waals surface area contributed by atoms with E-state index in [1.165, 1.54) is 0 Å². The van der Waals surface area contributed by atoms with Crippen molar-refractivity contribution in [1.29, 1.82) is 0 Å². The van der Waals surface area contributed by atoms with E-state index < -0.39 is 10.0 Å². The number of hydrogen-bond acceptors (Lipinski definition) is 5. The molecule has 0 aromatic heterocycles. The maximum Gasteiger partial charge on any atom is 0.253 e. The van der Waals surface area contributed by atoms with E-state index in [0.29, 0.717) is 31.7 Å². The van der Waals surface area contributed by atoms with Gasteiger partial charge in [-0.15, -0.1) is 0 Å². The van der Waals surface area contributed by atoms with Crippen LogP contribution >= 0.6 is 0 Å². The Morgan fingerprint density at radius 1 is 1.03 bits per heavy atom. The Hall–Kier alpha value is -2.42. The largest absolute Gasteiger partial charge is 0.378 e. The van der Waals surface area contributed by atoms with Crippen LogP contribution < -0.4 is 14.9 Å². The Labute approximate surface area is 172 Å². The second kappa shape index (κ2) is 9.87. The van der Waals surface area contributed by atoms with E-state index in [2.05, 4.69) is 14.9 Å². The number of anilines is 1. The summed E-state index contributed by atoms with van der Waals surface area (Å²) in [6, 6.07) is 14.2. The average molecular weight is 418 g/mol. The summed E-state index contributed by atoms with van der Waals surface area (Å²) in [4.78, 5) is 15.0. The molecule has 1 aliphatic heterocycles. The predicted octanol–water partition coefficient (Wildman–Crippen LogP) is 1.93. The highest BCUT2D eigenvalue weighted by molar-refractivity contribution is 7.89. The van der Waals surface area contributed by atoms with E-state index >= 15 is 0 Å². The van der Waals surface area contributed by atoms with Gasteiger partial charge in [0.1, 0.15) is 0 Å². The lowest BCUT2D eigenvalue weighted by Gasteiger charge is -2.30. The molecule has 8 heteroatoms. The van der Waals surface area contributed by atoms with E-state index in [4.69, 9.17) is 4.74 Å². The quantitative estimate of drug-likeness (QED) is 0.641. The molecule has 7 nitrogen and oxygen atoms in total. The van der Waals surface area contributed by atoms with E-state index in [0.717, 1.165) is 24.3 Å². The molecule has 0 unspecified atom stereocenters. The van der Waals surface area contributed by atoms with Crippen molar-refractivity contribution in [2.45, 2.75) is 18.2 Å². The first kappa shape index (κ1) is 21.3. The Morgan fingerprint density at radius 3 is 2.45 bits per heavy atom. The lowest BCUT2D eigenvalue weighted by Crippen LogP contribution is -2.38. The van der Waals surface area contributed by atoms with Crippen molar-refractivity contribution in [2.24, 2.45) is 0 Å². The maximum absolute atomic E-state index is 12.6. The van der Waals surface area contributed by atoms with Crippen molar-refractivity contribution in [3.63, 3.8) is 0 Å². The van der Waals surface area contributed by atoms with Gasteiger partial charge in [-0.05, 0) is 37.6 Å². The number of para-hydroxylation sites is 1. The second-order valence-corrected chi connectivity index (χ2v) is 8.70. The number of rotatable bonds is 8. The van der Waals surface area contributed by atoms with Crippen LogP contribution in [0.25, 0.3) is 0 Å². The zero-order valence-corrected chi connectivity index (χ0v) is 17.4. The number of carbonyl (C=O) groups is 1. The molecular formula is C21H27N3O4S. The molecule has 2 N–H and O–H groups in total. The number of aryl methyl sites for hydroxylation is 1. The summed E-state index contributed by atoms with van der Waals surface area (Å²) in [6.45, 7) is 5.35. The minimum absolute atomic E-state index is 0.159. The van der Waals surface area contributed by atoms with Crippen molar-refractivity contribution < 1.29 is 17.9 Å². The van der Waals surface area contributed by atoms with E-state index in [1.54, 1.807) is 30.3 Å². The fourth-order valence-electron chi connectivity index (χ4n) is 3.14. The van der Waals surface area contributed by atoms with Gasteiger partial charge in [-0.3, -0.25) is 4.79 Å². The average Bonchev–Trinajstić information content (AvgIpc) is 2.74. The molecule has 0 atom stereocenters. The van der Waals surface area contributed by atoms with Gasteiger partial charge in [0.2, 0.25) is 10.0 Å². The van der Waals surface area contributed by atoms with Gasteiger partial charge in [0.05, 0.1) is 23.7 Å². The Kier molecular flexibility index (Phi) is 7.24. The molecule has 156 valence electrons. The van der Waals surface area contributed by atoms with Gasteiger partial charge in [-0.2, -0.15) is 0 Å². The number of carbonyl (C=O) groups excluding carboxylic acids is 1. The Bertz CT molecular complexity index is 923. The van der Waals surface area contributed by atoms with Crippen molar-refractivity contribution in [2.75, 3.05) is 44.3 Å². The van der Waals surface area contributed by atoms with Crippen LogP contribution in [0.5, 0.6) is 0 Å². The highest BCUT2D eigenvalue weighted by Crippen LogP contribution is 2.21. The summed E-state index contributed by atoms with van der Waals surface area (Å²) < 4.78 is 32.5. The van der Waals surface area contributed by atoms with Crippen molar-refractivity contribution >= 4 is 21.6 Å². The summed E-state index contributed by atoms with van der Waals surface area (Å²) in [7, 11) is -3.53. The third kappa shape index (κ3) is 5.79. The molecule has 1 saturated heterocycles. The van der Waals surface area contributed by atoms with Crippen LogP contribution in [0.15, 0.2) is 53.4 Å². The number of amides is 1. The number of nitrogens with one attached hydrogen (secondary N) is 2. The van der Waals surface area contributed by atoms with Crippen LogP contribution in [0.1, 0.15) is 22.3 Å². The molecule has 1 aliphatic rings. The molecule has 1 fully saturated rings. The number of sulfonamides is 1. The minimum atomic E-state index is -3.53. The maximum atomic E-state index is 12.6. The third-order valence-corrected chi connectivity index (χ3v) is 6.24. The first-order valence-corrected chi connectivity index (χ1v) is 11.2. The molecule has 29 heavy (non-hydrogen) atoms. The van der Waals surface area contributed by atoms with Crippen molar-refractivity contribution in [3.8, 4) is 0 Å². The van der Waals surface area contributed by atoms with Crippen LogP contribution in [0, 0.1) is 6.92 Å². The summed E-state index contributed by atoms with van der Waals surface area (Å²) in [5, 5.41) is 2.88. The Morgan fingerprint density at radius 2 is 1.72 bits per heavy atom. The first-order valence-electron chi connectivity index (χ1n) is 9.73. The van der Waals surface area contributed by atoms with Gasteiger partial charge < -0.3 is 15.0 Å². The van der Waals surface area contributed by atoms with Crippen molar-refractivity contribution in [3.05, 3.63) is 59.7 Å². The highest BCUT2D eigenvalue weighted by Gasteiger charge is 2.18. The molecule has 1 amide bonds. The third-order valence-electron chi connectivity index (χ3n) is 4.76. The molecule has 0 aliphatic carbocycles. The fraction of sp³-hybridized carbons (Fsp3) is 0.381. The molecule has 0 saturated carbocycles. The summed E-state index contributed by atoms with van der Waals surface area (Å²) >= 11 is 0. The predicted molar refractivity (Wildman–Crippen MR) is 113 cm³/mol. The highest BCUT2D eigenvalue weighted by atomic mass is 32.2. The molecule has 0 radical (unpaired) electrons. The summed E-state index contributed by atoms with van der Waals surface area (Å²) in [5.74, 6) is -0.159. The van der Waals surface area contributed by atoms with Crippen LogP contribution in [-0.2, 0) is 14.8 Å². The minimum Gasteiger partial charge on any atom is -0.378 e. The standard InChI is InChI=1S/C21H27N3O4S/c1-17-7-9-18(10-8-17)29(26,27)23-12-4-11-22-21(25)19-5-2-3-6-20(19)24-13-15-28-16-14-24/h2-3,5-10,23H,4,11-16H2,1H3,(H,22,25). The van der Waals surface area contributed by atoms with Crippen LogP contribution in [0.2, 0.25) is 0 Å². The molecule has 0 bridgehead atoms. The topological polar surface area (TPSA) is 87.7 Å².